The van der Waals surface area contributed by atoms with Gasteiger partial charge < -0.3 is 14.8 Å². The fraction of sp³-hybridized carbons (Fsp3) is 0.591. The van der Waals surface area contributed by atoms with Crippen LogP contribution in [-0.4, -0.2) is 71.9 Å². The number of amides is 1. The molecule has 1 atom stereocenters. The zero-order chi connectivity index (χ0) is 18.8. The molecule has 1 aromatic carbocycles. The van der Waals surface area contributed by atoms with Crippen LogP contribution in [0.25, 0.3) is 10.9 Å². The highest BCUT2D eigenvalue weighted by Gasteiger charge is 2.24. The van der Waals surface area contributed by atoms with E-state index in [9.17, 15) is 4.79 Å². The molecule has 5 heteroatoms. The van der Waals surface area contributed by atoms with Gasteiger partial charge in [0, 0.05) is 61.4 Å². The summed E-state index contributed by atoms with van der Waals surface area (Å²) in [6.07, 6.45) is 8.11. The third kappa shape index (κ3) is 4.04. The Morgan fingerprint density at radius 2 is 1.93 bits per heavy atom. The van der Waals surface area contributed by atoms with Crippen LogP contribution in [0.3, 0.4) is 0 Å². The molecule has 2 aliphatic rings. The van der Waals surface area contributed by atoms with Gasteiger partial charge in [-0.25, -0.2) is 0 Å². The van der Waals surface area contributed by atoms with E-state index in [1.807, 2.05) is 17.0 Å². The van der Waals surface area contributed by atoms with Crippen LogP contribution in [-0.2, 0) is 6.54 Å². The summed E-state index contributed by atoms with van der Waals surface area (Å²) >= 11 is 0. The van der Waals surface area contributed by atoms with E-state index in [0.29, 0.717) is 6.04 Å². The van der Waals surface area contributed by atoms with Gasteiger partial charge in [0.2, 0.25) is 0 Å². The Morgan fingerprint density at radius 3 is 2.63 bits per heavy atom. The summed E-state index contributed by atoms with van der Waals surface area (Å²) in [7, 11) is 4.34. The molecule has 0 saturated carbocycles. The molecule has 5 nitrogen and oxygen atoms in total. The maximum atomic E-state index is 12.9. The van der Waals surface area contributed by atoms with Crippen molar-refractivity contribution in [1.82, 2.24) is 19.7 Å². The first-order valence-electron chi connectivity index (χ1n) is 10.4. The second-order valence-corrected chi connectivity index (χ2v) is 8.42. The van der Waals surface area contributed by atoms with Gasteiger partial charge in [0.05, 0.1) is 0 Å². The number of benzene rings is 1. The maximum absolute atomic E-state index is 12.9. The molecule has 2 aromatic rings. The third-order valence-electron chi connectivity index (χ3n) is 6.28. The van der Waals surface area contributed by atoms with Crippen molar-refractivity contribution in [2.75, 3.05) is 40.3 Å². The summed E-state index contributed by atoms with van der Waals surface area (Å²) < 4.78 is 0. The Kier molecular flexibility index (Phi) is 5.50. The van der Waals surface area contributed by atoms with Gasteiger partial charge in [0.25, 0.3) is 5.91 Å². The highest BCUT2D eigenvalue weighted by Crippen LogP contribution is 2.24. The fourth-order valence-electron chi connectivity index (χ4n) is 4.52. The molecular weight excluding hydrogens is 336 g/mol. The molecule has 3 heterocycles. The number of carbonyl (C=O) groups is 1. The van der Waals surface area contributed by atoms with Crippen molar-refractivity contribution in [2.45, 2.75) is 44.7 Å². The molecule has 0 aliphatic carbocycles. The van der Waals surface area contributed by atoms with Crippen LogP contribution < -0.4 is 0 Å². The third-order valence-corrected chi connectivity index (χ3v) is 6.28. The lowest BCUT2D eigenvalue weighted by Crippen LogP contribution is -2.31. The van der Waals surface area contributed by atoms with Crippen molar-refractivity contribution < 1.29 is 4.79 Å². The number of hydrogen-bond donors (Lipinski definition) is 1. The Balaban J connectivity index is 1.47. The van der Waals surface area contributed by atoms with Crippen molar-refractivity contribution in [3.63, 3.8) is 0 Å². The molecule has 27 heavy (non-hydrogen) atoms. The van der Waals surface area contributed by atoms with E-state index >= 15 is 0 Å². The first-order chi connectivity index (χ1) is 13.1. The van der Waals surface area contributed by atoms with E-state index in [1.54, 1.807) is 0 Å². The Labute approximate surface area is 162 Å². The summed E-state index contributed by atoms with van der Waals surface area (Å²) in [5, 5.41) is 1.25. The lowest BCUT2D eigenvalue weighted by molar-refractivity contribution is 0.0762. The fourth-order valence-corrected chi connectivity index (χ4v) is 4.52. The minimum atomic E-state index is 0.184. The van der Waals surface area contributed by atoms with Crippen LogP contribution in [0.4, 0.5) is 0 Å². The lowest BCUT2D eigenvalue weighted by Gasteiger charge is -2.20. The topological polar surface area (TPSA) is 42.6 Å². The predicted octanol–water partition coefficient (Wildman–Crippen LogP) is 3.32. The van der Waals surface area contributed by atoms with Gasteiger partial charge in [-0.1, -0.05) is 18.9 Å². The number of hydrogen-bond acceptors (Lipinski definition) is 3. The first-order valence-corrected chi connectivity index (χ1v) is 10.4. The smallest absolute Gasteiger partial charge is 0.253 e. The van der Waals surface area contributed by atoms with Gasteiger partial charge in [-0.15, -0.1) is 0 Å². The van der Waals surface area contributed by atoms with Gasteiger partial charge in [0.1, 0.15) is 0 Å². The minimum absolute atomic E-state index is 0.184. The molecule has 4 rings (SSSR count). The SMILES string of the molecule is CN(C)C1CCN(Cc2c[nH]c3cc(C(=O)N4CCCCCC4)ccc23)C1. The maximum Gasteiger partial charge on any atom is 0.253 e. The van der Waals surface area contributed by atoms with Gasteiger partial charge >= 0.3 is 0 Å². The number of rotatable bonds is 4. The van der Waals surface area contributed by atoms with Crippen molar-refractivity contribution in [3.8, 4) is 0 Å². The number of nitrogens with zero attached hydrogens (tertiary/aromatic N) is 3. The van der Waals surface area contributed by atoms with E-state index in [4.69, 9.17) is 0 Å². The quantitative estimate of drug-likeness (QED) is 0.900. The Morgan fingerprint density at radius 1 is 1.15 bits per heavy atom. The zero-order valence-corrected chi connectivity index (χ0v) is 16.7. The number of likely N-dealkylation sites (tertiary alicyclic amines) is 2. The number of aromatic amines is 1. The summed E-state index contributed by atoms with van der Waals surface area (Å²) in [6, 6.07) is 6.84. The van der Waals surface area contributed by atoms with Gasteiger partial charge in [-0.3, -0.25) is 9.69 Å². The van der Waals surface area contributed by atoms with E-state index in [0.717, 1.165) is 56.6 Å². The van der Waals surface area contributed by atoms with Crippen molar-refractivity contribution in [3.05, 3.63) is 35.5 Å². The molecule has 0 radical (unpaired) electrons. The molecule has 1 amide bonds. The van der Waals surface area contributed by atoms with Gasteiger partial charge in [-0.2, -0.15) is 0 Å². The first kappa shape index (κ1) is 18.5. The van der Waals surface area contributed by atoms with Gasteiger partial charge in [-0.05, 0) is 51.1 Å². The molecule has 0 spiro atoms. The molecule has 2 aliphatic heterocycles. The highest BCUT2D eigenvalue weighted by atomic mass is 16.2. The largest absolute Gasteiger partial charge is 0.361 e. The van der Waals surface area contributed by atoms with Gasteiger partial charge in [0.15, 0.2) is 0 Å². The molecule has 2 fully saturated rings. The summed E-state index contributed by atoms with van der Waals surface area (Å²) in [5.74, 6) is 0.184. The molecular formula is C22H32N4O. The number of fused-ring (bicyclic) bond motifs is 1. The lowest BCUT2D eigenvalue weighted by atomic mass is 10.1. The van der Waals surface area contributed by atoms with Crippen molar-refractivity contribution in [2.24, 2.45) is 0 Å². The molecule has 1 N–H and O–H groups in total. The molecule has 1 aromatic heterocycles. The second-order valence-electron chi connectivity index (χ2n) is 8.42. The van der Waals surface area contributed by atoms with Crippen LogP contribution in [0.15, 0.2) is 24.4 Å². The second kappa shape index (κ2) is 8.03. The average Bonchev–Trinajstić information content (AvgIpc) is 3.20. The Hall–Kier alpha value is -1.85. The van der Waals surface area contributed by atoms with Crippen LogP contribution in [0, 0.1) is 0 Å². The van der Waals surface area contributed by atoms with E-state index in [1.165, 1.54) is 30.2 Å². The molecule has 1 unspecified atom stereocenters. The zero-order valence-electron chi connectivity index (χ0n) is 16.7. The van der Waals surface area contributed by atoms with E-state index in [2.05, 4.69) is 41.1 Å². The van der Waals surface area contributed by atoms with Crippen molar-refractivity contribution >= 4 is 16.8 Å². The monoisotopic (exact) mass is 368 g/mol. The van der Waals surface area contributed by atoms with Crippen LogP contribution in [0.2, 0.25) is 0 Å². The molecule has 0 bridgehead atoms. The van der Waals surface area contributed by atoms with E-state index in [-0.39, 0.29) is 5.91 Å². The predicted molar refractivity (Wildman–Crippen MR) is 110 cm³/mol. The standard InChI is InChI=1S/C22H32N4O/c1-24(2)19-9-12-25(16-19)15-18-14-23-21-13-17(7-8-20(18)21)22(27)26-10-5-3-4-6-11-26/h7-8,13-14,19,23H,3-6,9-12,15-16H2,1-2H3. The molecule has 2 saturated heterocycles. The van der Waals surface area contributed by atoms with Crippen LogP contribution >= 0.6 is 0 Å². The number of nitrogens with one attached hydrogen (secondary N) is 1. The van der Waals surface area contributed by atoms with Crippen LogP contribution in [0.1, 0.15) is 48.0 Å². The number of aromatic nitrogens is 1. The van der Waals surface area contributed by atoms with Crippen LogP contribution in [0.5, 0.6) is 0 Å². The highest BCUT2D eigenvalue weighted by molar-refractivity contribution is 5.98. The normalized spacial score (nSPS) is 21.9. The van der Waals surface area contributed by atoms with E-state index < -0.39 is 0 Å². The number of likely N-dealkylation sites (N-methyl/N-ethyl adjacent to an activating group) is 1. The minimum Gasteiger partial charge on any atom is -0.361 e. The Bertz CT molecular complexity index is 789. The average molecular weight is 369 g/mol. The molecule has 146 valence electrons. The number of H-pyrrole nitrogens is 1. The number of carbonyl (C=O) groups excluding carboxylic acids is 1. The summed E-state index contributed by atoms with van der Waals surface area (Å²) in [4.78, 5) is 23.2. The summed E-state index contributed by atoms with van der Waals surface area (Å²) in [6.45, 7) is 5.06. The van der Waals surface area contributed by atoms with Crippen molar-refractivity contribution in [1.29, 1.82) is 0 Å². The summed E-state index contributed by atoms with van der Waals surface area (Å²) in [5.41, 5.74) is 3.22.